The van der Waals surface area contributed by atoms with Crippen LogP contribution in [0.4, 0.5) is 0 Å². The normalized spacial score (nSPS) is 13.7. The fourth-order valence-corrected chi connectivity index (χ4v) is 5.78. The average Bonchev–Trinajstić information content (AvgIpc) is 3.36. The molecule has 0 bridgehead atoms. The fourth-order valence-electron chi connectivity index (χ4n) is 3.93. The summed E-state index contributed by atoms with van der Waals surface area (Å²) in [5, 5.41) is 5.68. The highest BCUT2D eigenvalue weighted by Gasteiger charge is 2.19. The lowest BCUT2D eigenvalue weighted by Crippen LogP contribution is -2.13. The molecule has 4 heteroatoms. The van der Waals surface area contributed by atoms with Crippen molar-refractivity contribution in [1.29, 1.82) is 0 Å². The summed E-state index contributed by atoms with van der Waals surface area (Å²) in [6, 6.07) is 6.81. The third-order valence-corrected chi connectivity index (χ3v) is 8.11. The Hall–Kier alpha value is -1.26. The molecule has 0 saturated heterocycles. The van der Waals surface area contributed by atoms with Crippen LogP contribution >= 0.6 is 22.7 Å². The van der Waals surface area contributed by atoms with Crippen molar-refractivity contribution in [1.82, 2.24) is 0 Å². The minimum Gasteiger partial charge on any atom is -0.488 e. The van der Waals surface area contributed by atoms with Crippen LogP contribution in [-0.4, -0.2) is 13.2 Å². The molecule has 0 aliphatic heterocycles. The van der Waals surface area contributed by atoms with Crippen molar-refractivity contribution in [3.05, 3.63) is 23.6 Å². The third-order valence-electron chi connectivity index (χ3n) is 6.19. The summed E-state index contributed by atoms with van der Waals surface area (Å²) in [5.74, 6) is 2.22. The van der Waals surface area contributed by atoms with E-state index in [9.17, 15) is 0 Å². The largest absolute Gasteiger partial charge is 0.488 e. The Bertz CT molecular complexity index is 895. The molecule has 1 aromatic carbocycles. The quantitative estimate of drug-likeness (QED) is 0.245. The van der Waals surface area contributed by atoms with Crippen LogP contribution in [0.5, 0.6) is 10.8 Å². The van der Waals surface area contributed by atoms with E-state index in [0.717, 1.165) is 24.0 Å². The lowest BCUT2D eigenvalue weighted by atomic mass is 10.0. The van der Waals surface area contributed by atoms with Gasteiger partial charge in [0.1, 0.15) is 0 Å². The van der Waals surface area contributed by atoms with Crippen molar-refractivity contribution in [2.24, 2.45) is 11.8 Å². The number of benzene rings is 1. The molecule has 0 aliphatic rings. The summed E-state index contributed by atoms with van der Waals surface area (Å²) in [7, 11) is 0. The van der Waals surface area contributed by atoms with Gasteiger partial charge in [-0.25, -0.2) is 0 Å². The van der Waals surface area contributed by atoms with Gasteiger partial charge in [-0.05, 0) is 53.6 Å². The summed E-state index contributed by atoms with van der Waals surface area (Å²) in [6.07, 6.45) is 9.90. The van der Waals surface area contributed by atoms with E-state index in [4.69, 9.17) is 9.47 Å². The molecule has 3 rings (SSSR count). The fraction of sp³-hybridized carbons (Fsp3) is 0.615. The Morgan fingerprint density at radius 1 is 0.833 bits per heavy atom. The molecule has 0 aliphatic carbocycles. The Morgan fingerprint density at radius 2 is 1.50 bits per heavy atom. The molecule has 2 heterocycles. The number of hydrogen-bond acceptors (Lipinski definition) is 4. The molecule has 0 amide bonds. The number of ether oxygens (including phenoxy) is 2. The van der Waals surface area contributed by atoms with E-state index in [1.807, 2.05) is 0 Å². The van der Waals surface area contributed by atoms with E-state index >= 15 is 0 Å². The molecule has 166 valence electrons. The van der Waals surface area contributed by atoms with Crippen LogP contribution in [-0.2, 0) is 0 Å². The highest BCUT2D eigenvalue weighted by Crippen LogP contribution is 2.46. The number of unbranched alkanes of at least 4 members (excludes halogenated alkanes) is 2. The highest BCUT2D eigenvalue weighted by molar-refractivity contribution is 7.21. The van der Waals surface area contributed by atoms with Crippen molar-refractivity contribution in [2.45, 2.75) is 79.1 Å². The first-order valence-corrected chi connectivity index (χ1v) is 13.6. The molecule has 2 atom stereocenters. The van der Waals surface area contributed by atoms with Crippen molar-refractivity contribution >= 4 is 42.8 Å². The van der Waals surface area contributed by atoms with E-state index in [2.05, 4.69) is 51.3 Å². The van der Waals surface area contributed by atoms with Crippen molar-refractivity contribution in [3.63, 3.8) is 0 Å². The number of fused-ring (bicyclic) bond motifs is 2. The molecule has 0 radical (unpaired) electrons. The standard InChI is InChI=1S/C26H38O2S2/c1-5-9-11-19(7-3)17-27-25-22-16-23-21(13-14-29-23)15-24(22)30-26(25)28-18-20(8-4)12-10-6-2/h13-16,19-20H,5-12,17-18H2,1-4H3. The second-order valence-electron chi connectivity index (χ2n) is 8.48. The maximum absolute atomic E-state index is 6.50. The van der Waals surface area contributed by atoms with Gasteiger partial charge in [-0.1, -0.05) is 77.6 Å². The predicted octanol–water partition coefficient (Wildman–Crippen LogP) is 9.31. The molecule has 2 aromatic heterocycles. The summed E-state index contributed by atoms with van der Waals surface area (Å²) >= 11 is 3.55. The second-order valence-corrected chi connectivity index (χ2v) is 10.4. The van der Waals surface area contributed by atoms with Crippen LogP contribution in [0, 0.1) is 11.8 Å². The van der Waals surface area contributed by atoms with Crippen LogP contribution in [0.25, 0.3) is 20.2 Å². The summed E-state index contributed by atoms with van der Waals surface area (Å²) < 4.78 is 15.5. The third kappa shape index (κ3) is 5.91. The molecule has 2 unspecified atom stereocenters. The first-order valence-electron chi connectivity index (χ1n) is 11.9. The Balaban J connectivity index is 1.83. The summed E-state index contributed by atoms with van der Waals surface area (Å²) in [5.41, 5.74) is 0. The maximum atomic E-state index is 6.50. The minimum absolute atomic E-state index is 0.617. The molecule has 0 N–H and O–H groups in total. The molecule has 0 spiro atoms. The SMILES string of the molecule is CCCCC(CC)COc1sc2cc3ccsc3cc2c1OCC(CC)CCCC. The van der Waals surface area contributed by atoms with Gasteiger partial charge in [-0.3, -0.25) is 0 Å². The molecular formula is C26H38O2S2. The van der Waals surface area contributed by atoms with Gasteiger partial charge in [0, 0.05) is 14.8 Å². The lowest BCUT2D eigenvalue weighted by Gasteiger charge is -2.18. The minimum atomic E-state index is 0.617. The first kappa shape index (κ1) is 23.4. The molecule has 30 heavy (non-hydrogen) atoms. The van der Waals surface area contributed by atoms with Gasteiger partial charge in [0.05, 0.1) is 13.2 Å². The van der Waals surface area contributed by atoms with Gasteiger partial charge in [0.25, 0.3) is 0 Å². The van der Waals surface area contributed by atoms with Gasteiger partial charge < -0.3 is 9.47 Å². The van der Waals surface area contributed by atoms with Gasteiger partial charge in [-0.2, -0.15) is 0 Å². The van der Waals surface area contributed by atoms with Gasteiger partial charge in [0.15, 0.2) is 5.75 Å². The van der Waals surface area contributed by atoms with Crippen LogP contribution in [0.1, 0.15) is 79.1 Å². The number of hydrogen-bond donors (Lipinski definition) is 0. The highest BCUT2D eigenvalue weighted by atomic mass is 32.1. The molecule has 3 aromatic rings. The number of rotatable bonds is 14. The van der Waals surface area contributed by atoms with Crippen LogP contribution in [0.15, 0.2) is 23.6 Å². The zero-order valence-corrected chi connectivity index (χ0v) is 20.8. The van der Waals surface area contributed by atoms with Gasteiger partial charge in [0.2, 0.25) is 5.06 Å². The first-order chi connectivity index (χ1) is 14.7. The molecule has 2 nitrogen and oxygen atoms in total. The topological polar surface area (TPSA) is 18.5 Å². The van der Waals surface area contributed by atoms with E-state index < -0.39 is 0 Å². The monoisotopic (exact) mass is 446 g/mol. The van der Waals surface area contributed by atoms with Crippen molar-refractivity contribution < 1.29 is 9.47 Å². The molecule has 0 fully saturated rings. The molecule has 0 saturated carbocycles. The van der Waals surface area contributed by atoms with E-state index in [0.29, 0.717) is 11.8 Å². The Kier molecular flexibility index (Phi) is 9.32. The van der Waals surface area contributed by atoms with Gasteiger partial charge >= 0.3 is 0 Å². The maximum Gasteiger partial charge on any atom is 0.218 e. The Morgan fingerprint density at radius 3 is 2.13 bits per heavy atom. The summed E-state index contributed by atoms with van der Waals surface area (Å²) in [6.45, 7) is 10.7. The van der Waals surface area contributed by atoms with Crippen molar-refractivity contribution in [2.75, 3.05) is 13.2 Å². The zero-order chi connectivity index (χ0) is 21.3. The van der Waals surface area contributed by atoms with Gasteiger partial charge in [-0.15, -0.1) is 11.3 Å². The van der Waals surface area contributed by atoms with Crippen LogP contribution in [0.2, 0.25) is 0 Å². The summed E-state index contributed by atoms with van der Waals surface area (Å²) in [4.78, 5) is 0. The smallest absolute Gasteiger partial charge is 0.218 e. The average molecular weight is 447 g/mol. The van der Waals surface area contributed by atoms with E-state index in [-0.39, 0.29) is 0 Å². The zero-order valence-electron chi connectivity index (χ0n) is 19.2. The van der Waals surface area contributed by atoms with Crippen LogP contribution in [0.3, 0.4) is 0 Å². The predicted molar refractivity (Wildman–Crippen MR) is 135 cm³/mol. The molecular weight excluding hydrogens is 408 g/mol. The second kappa shape index (κ2) is 12.0. The Labute approximate surface area is 190 Å². The van der Waals surface area contributed by atoms with Crippen molar-refractivity contribution in [3.8, 4) is 10.8 Å². The van der Waals surface area contributed by atoms with E-state index in [1.54, 1.807) is 22.7 Å². The lowest BCUT2D eigenvalue weighted by molar-refractivity contribution is 0.206. The van der Waals surface area contributed by atoms with Crippen LogP contribution < -0.4 is 9.47 Å². The number of thiophene rings is 2. The van der Waals surface area contributed by atoms with E-state index in [1.165, 1.54) is 71.5 Å².